The van der Waals surface area contributed by atoms with Crippen LogP contribution in [0.25, 0.3) is 0 Å². The standard InChI is InChI=1S/C16H15ClF3N3OS/c17-12-9-11(16(18,19)20)10-21-14(12)22-4-2-5-23(7-6-22)15(24)13-3-1-8-25-13/h1,3,8-10H,2,4-7H2. The molecule has 0 aliphatic carbocycles. The highest BCUT2D eigenvalue weighted by Gasteiger charge is 2.32. The van der Waals surface area contributed by atoms with Gasteiger partial charge in [-0.15, -0.1) is 11.3 Å². The van der Waals surface area contributed by atoms with Gasteiger partial charge in [-0.1, -0.05) is 17.7 Å². The molecule has 1 aliphatic heterocycles. The molecule has 4 nitrogen and oxygen atoms in total. The van der Waals surface area contributed by atoms with Crippen molar-refractivity contribution in [1.29, 1.82) is 0 Å². The molecule has 0 bridgehead atoms. The lowest BCUT2D eigenvalue weighted by atomic mass is 10.2. The Bertz CT molecular complexity index is 752. The SMILES string of the molecule is O=C(c1cccs1)N1CCCN(c2ncc(C(F)(F)F)cc2Cl)CC1. The summed E-state index contributed by atoms with van der Waals surface area (Å²) in [5.74, 6) is 0.295. The summed E-state index contributed by atoms with van der Waals surface area (Å²) in [6, 6.07) is 4.50. The van der Waals surface area contributed by atoms with Crippen LogP contribution in [0.2, 0.25) is 5.02 Å². The Morgan fingerprint density at radius 2 is 2.04 bits per heavy atom. The average molecular weight is 390 g/mol. The second kappa shape index (κ2) is 7.21. The van der Waals surface area contributed by atoms with Gasteiger partial charge in [0.2, 0.25) is 0 Å². The first kappa shape index (κ1) is 18.0. The summed E-state index contributed by atoms with van der Waals surface area (Å²) >= 11 is 7.41. The molecule has 1 fully saturated rings. The van der Waals surface area contributed by atoms with Gasteiger partial charge in [-0.05, 0) is 23.9 Å². The zero-order valence-corrected chi connectivity index (χ0v) is 14.7. The summed E-state index contributed by atoms with van der Waals surface area (Å²) in [6.07, 6.45) is -2.99. The maximum atomic E-state index is 12.7. The molecule has 0 radical (unpaired) electrons. The van der Waals surface area contributed by atoms with Crippen LogP contribution in [-0.2, 0) is 6.18 Å². The highest BCUT2D eigenvalue weighted by molar-refractivity contribution is 7.12. The second-order valence-electron chi connectivity index (χ2n) is 5.64. The fourth-order valence-corrected chi connectivity index (χ4v) is 3.68. The number of pyridine rings is 1. The van der Waals surface area contributed by atoms with Gasteiger partial charge in [0, 0.05) is 32.4 Å². The van der Waals surface area contributed by atoms with Crippen molar-refractivity contribution in [3.8, 4) is 0 Å². The van der Waals surface area contributed by atoms with E-state index in [-0.39, 0.29) is 10.9 Å². The van der Waals surface area contributed by atoms with Gasteiger partial charge in [0.25, 0.3) is 5.91 Å². The van der Waals surface area contributed by atoms with E-state index < -0.39 is 11.7 Å². The number of rotatable bonds is 2. The van der Waals surface area contributed by atoms with Crippen molar-refractivity contribution in [2.75, 3.05) is 31.1 Å². The van der Waals surface area contributed by atoms with E-state index in [0.29, 0.717) is 43.3 Å². The fraction of sp³-hybridized carbons (Fsp3) is 0.375. The average Bonchev–Trinajstić information content (AvgIpc) is 2.98. The van der Waals surface area contributed by atoms with Crippen LogP contribution in [0.3, 0.4) is 0 Å². The zero-order valence-electron chi connectivity index (χ0n) is 13.1. The Balaban J connectivity index is 1.72. The molecule has 0 aromatic carbocycles. The lowest BCUT2D eigenvalue weighted by Gasteiger charge is -2.23. The number of thiophene rings is 1. The lowest BCUT2D eigenvalue weighted by Crippen LogP contribution is -2.35. The minimum Gasteiger partial charge on any atom is -0.354 e. The van der Waals surface area contributed by atoms with Crippen LogP contribution in [0.5, 0.6) is 0 Å². The van der Waals surface area contributed by atoms with Gasteiger partial charge in [0.15, 0.2) is 0 Å². The number of nitrogens with zero attached hydrogens (tertiary/aromatic N) is 3. The molecule has 0 N–H and O–H groups in total. The summed E-state index contributed by atoms with van der Waals surface area (Å²) in [5.41, 5.74) is -0.870. The van der Waals surface area contributed by atoms with Crippen LogP contribution < -0.4 is 4.90 Å². The number of alkyl halides is 3. The number of carbonyl (C=O) groups excluding carboxylic acids is 1. The normalized spacial score (nSPS) is 16.0. The molecule has 0 unspecified atom stereocenters. The van der Waals surface area contributed by atoms with Gasteiger partial charge in [0.05, 0.1) is 15.5 Å². The number of halogens is 4. The van der Waals surface area contributed by atoms with E-state index in [9.17, 15) is 18.0 Å². The maximum Gasteiger partial charge on any atom is 0.417 e. The molecule has 3 heterocycles. The van der Waals surface area contributed by atoms with Gasteiger partial charge in [-0.25, -0.2) is 4.98 Å². The summed E-state index contributed by atoms with van der Waals surface area (Å²) in [7, 11) is 0. The van der Waals surface area contributed by atoms with Crippen LogP contribution in [0.4, 0.5) is 19.0 Å². The maximum absolute atomic E-state index is 12.7. The van der Waals surface area contributed by atoms with Gasteiger partial charge in [0.1, 0.15) is 5.82 Å². The third-order valence-electron chi connectivity index (χ3n) is 3.96. The van der Waals surface area contributed by atoms with E-state index in [1.165, 1.54) is 11.3 Å². The van der Waals surface area contributed by atoms with Crippen molar-refractivity contribution in [2.24, 2.45) is 0 Å². The molecule has 25 heavy (non-hydrogen) atoms. The Kier molecular flexibility index (Phi) is 5.19. The Hall–Kier alpha value is -1.80. The molecule has 3 rings (SSSR count). The predicted octanol–water partition coefficient (Wildman–Crippen LogP) is 4.17. The van der Waals surface area contributed by atoms with Gasteiger partial charge in [-0.3, -0.25) is 4.79 Å². The molecule has 9 heteroatoms. The predicted molar refractivity (Wildman–Crippen MR) is 91.3 cm³/mol. The molecule has 134 valence electrons. The fourth-order valence-electron chi connectivity index (χ4n) is 2.71. The number of hydrogen-bond acceptors (Lipinski definition) is 4. The van der Waals surface area contributed by atoms with Crippen molar-refractivity contribution in [3.63, 3.8) is 0 Å². The largest absolute Gasteiger partial charge is 0.417 e. The van der Waals surface area contributed by atoms with Gasteiger partial charge < -0.3 is 9.80 Å². The molecule has 0 saturated carbocycles. The zero-order chi connectivity index (χ0) is 18.0. The number of anilines is 1. The second-order valence-corrected chi connectivity index (χ2v) is 6.99. The molecule has 1 amide bonds. The number of amides is 1. The van der Waals surface area contributed by atoms with Crippen molar-refractivity contribution in [3.05, 3.63) is 45.2 Å². The number of carbonyl (C=O) groups is 1. The molecular weight excluding hydrogens is 375 g/mol. The van der Waals surface area contributed by atoms with Crippen molar-refractivity contribution in [2.45, 2.75) is 12.6 Å². The van der Waals surface area contributed by atoms with Crippen LogP contribution in [0.1, 0.15) is 21.7 Å². The number of hydrogen-bond donors (Lipinski definition) is 0. The first-order valence-corrected chi connectivity index (χ1v) is 8.92. The Morgan fingerprint density at radius 1 is 1.24 bits per heavy atom. The van der Waals surface area contributed by atoms with Crippen molar-refractivity contribution >= 4 is 34.7 Å². The van der Waals surface area contributed by atoms with Gasteiger partial charge >= 0.3 is 6.18 Å². The smallest absolute Gasteiger partial charge is 0.354 e. The Labute approximate surface area is 151 Å². The highest BCUT2D eigenvalue weighted by Crippen LogP contribution is 2.33. The van der Waals surface area contributed by atoms with Crippen LogP contribution in [0, 0.1) is 0 Å². The monoisotopic (exact) mass is 389 g/mol. The van der Waals surface area contributed by atoms with E-state index in [4.69, 9.17) is 11.6 Å². The topological polar surface area (TPSA) is 36.4 Å². The number of aromatic nitrogens is 1. The van der Waals surface area contributed by atoms with Crippen molar-refractivity contribution in [1.82, 2.24) is 9.88 Å². The summed E-state index contributed by atoms with van der Waals surface area (Å²) in [6.45, 7) is 2.10. The molecular formula is C16H15ClF3N3OS. The summed E-state index contributed by atoms with van der Waals surface area (Å²) in [5, 5.41) is 1.82. The molecule has 0 atom stereocenters. The molecule has 2 aromatic rings. The van der Waals surface area contributed by atoms with Crippen LogP contribution in [-0.4, -0.2) is 42.0 Å². The van der Waals surface area contributed by atoms with E-state index in [0.717, 1.165) is 12.3 Å². The quantitative estimate of drug-likeness (QED) is 0.773. The first-order chi connectivity index (χ1) is 11.9. The summed E-state index contributed by atoms with van der Waals surface area (Å²) < 4.78 is 38.2. The summed E-state index contributed by atoms with van der Waals surface area (Å²) in [4.78, 5) is 20.6. The van der Waals surface area contributed by atoms with E-state index >= 15 is 0 Å². The van der Waals surface area contributed by atoms with Crippen molar-refractivity contribution < 1.29 is 18.0 Å². The van der Waals surface area contributed by atoms with Crippen LogP contribution in [0.15, 0.2) is 29.8 Å². The first-order valence-electron chi connectivity index (χ1n) is 7.67. The molecule has 1 saturated heterocycles. The van der Waals surface area contributed by atoms with Crippen LogP contribution >= 0.6 is 22.9 Å². The van der Waals surface area contributed by atoms with E-state index in [2.05, 4.69) is 4.98 Å². The molecule has 1 aliphatic rings. The highest BCUT2D eigenvalue weighted by atomic mass is 35.5. The molecule has 0 spiro atoms. The van der Waals surface area contributed by atoms with E-state index in [1.54, 1.807) is 11.0 Å². The van der Waals surface area contributed by atoms with Gasteiger partial charge in [-0.2, -0.15) is 13.2 Å². The molecule has 2 aromatic heterocycles. The minimum absolute atomic E-state index is 0.0247. The van der Waals surface area contributed by atoms with E-state index in [1.807, 2.05) is 16.3 Å². The Morgan fingerprint density at radius 3 is 2.68 bits per heavy atom. The lowest BCUT2D eigenvalue weighted by molar-refractivity contribution is -0.137. The third-order valence-corrected chi connectivity index (χ3v) is 5.10. The minimum atomic E-state index is -4.47. The third kappa shape index (κ3) is 4.07.